The molecule has 21 heavy (non-hydrogen) atoms. The van der Waals surface area contributed by atoms with Crippen LogP contribution < -0.4 is 16.2 Å². The van der Waals surface area contributed by atoms with Crippen molar-refractivity contribution in [2.45, 2.75) is 6.92 Å². The first-order chi connectivity index (χ1) is 10.1. The van der Waals surface area contributed by atoms with Crippen LogP contribution in [0.2, 0.25) is 0 Å². The molecule has 3 amide bonds. The van der Waals surface area contributed by atoms with Crippen LogP contribution in [0.3, 0.4) is 0 Å². The van der Waals surface area contributed by atoms with Gasteiger partial charge in [0.25, 0.3) is 5.91 Å². The van der Waals surface area contributed by atoms with Crippen molar-refractivity contribution in [2.75, 3.05) is 5.32 Å². The molecule has 2 rings (SSSR count). The summed E-state index contributed by atoms with van der Waals surface area (Å²) in [7, 11) is 0. The van der Waals surface area contributed by atoms with Crippen LogP contribution in [0.25, 0.3) is 0 Å². The Hall–Kier alpha value is -2.67. The van der Waals surface area contributed by atoms with Gasteiger partial charge >= 0.3 is 11.8 Å². The second-order valence-corrected chi connectivity index (χ2v) is 5.10. The van der Waals surface area contributed by atoms with Crippen molar-refractivity contribution < 1.29 is 14.4 Å². The second kappa shape index (κ2) is 6.67. The van der Waals surface area contributed by atoms with E-state index in [1.807, 2.05) is 19.1 Å². The maximum atomic E-state index is 11.7. The van der Waals surface area contributed by atoms with E-state index in [4.69, 9.17) is 0 Å². The highest BCUT2D eigenvalue weighted by molar-refractivity contribution is 7.12. The van der Waals surface area contributed by atoms with E-state index in [1.54, 1.807) is 29.6 Å². The average molecular weight is 303 g/mol. The number of hydrogen-bond donors (Lipinski definition) is 3. The first-order valence-corrected chi connectivity index (χ1v) is 6.96. The molecule has 0 atom stereocenters. The quantitative estimate of drug-likeness (QED) is 0.580. The molecular weight excluding hydrogens is 290 g/mol. The van der Waals surface area contributed by atoms with Gasteiger partial charge in [-0.1, -0.05) is 24.3 Å². The molecule has 108 valence electrons. The summed E-state index contributed by atoms with van der Waals surface area (Å²) >= 11 is 1.23. The summed E-state index contributed by atoms with van der Waals surface area (Å²) in [5, 5.41) is 4.21. The number of amides is 3. The van der Waals surface area contributed by atoms with Crippen molar-refractivity contribution >= 4 is 34.7 Å². The Kier molecular flexibility index (Phi) is 4.68. The maximum Gasteiger partial charge on any atom is 0.328 e. The Balaban J connectivity index is 1.87. The molecule has 0 radical (unpaired) electrons. The van der Waals surface area contributed by atoms with Gasteiger partial charge in [0.15, 0.2) is 0 Å². The van der Waals surface area contributed by atoms with Gasteiger partial charge in [0.05, 0.1) is 4.88 Å². The van der Waals surface area contributed by atoms with Gasteiger partial charge < -0.3 is 5.32 Å². The Labute approximate surface area is 125 Å². The third-order valence-electron chi connectivity index (χ3n) is 2.63. The van der Waals surface area contributed by atoms with E-state index >= 15 is 0 Å². The molecule has 0 aliphatic rings. The second-order valence-electron chi connectivity index (χ2n) is 4.15. The normalized spacial score (nSPS) is 9.76. The van der Waals surface area contributed by atoms with Gasteiger partial charge in [0.2, 0.25) is 0 Å². The number of rotatable bonds is 2. The highest BCUT2D eigenvalue weighted by Gasteiger charge is 2.16. The first kappa shape index (κ1) is 14.7. The predicted octanol–water partition coefficient (Wildman–Crippen LogP) is 1.46. The Morgan fingerprint density at radius 1 is 0.952 bits per heavy atom. The molecule has 0 fully saturated rings. The van der Waals surface area contributed by atoms with Crippen molar-refractivity contribution in [3.63, 3.8) is 0 Å². The van der Waals surface area contributed by atoms with Crippen molar-refractivity contribution in [3.05, 3.63) is 52.2 Å². The predicted molar refractivity (Wildman–Crippen MR) is 79.7 cm³/mol. The molecule has 1 aromatic carbocycles. The van der Waals surface area contributed by atoms with E-state index in [0.717, 1.165) is 5.56 Å². The number of thiophene rings is 1. The van der Waals surface area contributed by atoms with Crippen molar-refractivity contribution in [3.8, 4) is 0 Å². The summed E-state index contributed by atoms with van der Waals surface area (Å²) in [5.41, 5.74) is 5.62. The molecular formula is C14H13N3O3S. The number of para-hydroxylation sites is 1. The molecule has 6 nitrogen and oxygen atoms in total. The molecule has 0 saturated heterocycles. The van der Waals surface area contributed by atoms with E-state index in [-0.39, 0.29) is 0 Å². The molecule has 0 spiro atoms. The van der Waals surface area contributed by atoms with Gasteiger partial charge in [0, 0.05) is 5.69 Å². The lowest BCUT2D eigenvalue weighted by Gasteiger charge is -2.08. The fourth-order valence-electron chi connectivity index (χ4n) is 1.53. The summed E-state index contributed by atoms with van der Waals surface area (Å²) < 4.78 is 0. The van der Waals surface area contributed by atoms with Crippen LogP contribution >= 0.6 is 11.3 Å². The van der Waals surface area contributed by atoms with Gasteiger partial charge in [0.1, 0.15) is 0 Å². The fraction of sp³-hybridized carbons (Fsp3) is 0.0714. The van der Waals surface area contributed by atoms with E-state index in [1.165, 1.54) is 11.3 Å². The Bertz CT molecular complexity index is 668. The maximum absolute atomic E-state index is 11.7. The van der Waals surface area contributed by atoms with Gasteiger partial charge in [-0.25, -0.2) is 0 Å². The van der Waals surface area contributed by atoms with Crippen molar-refractivity contribution in [1.29, 1.82) is 0 Å². The van der Waals surface area contributed by atoms with Crippen LogP contribution in [-0.4, -0.2) is 17.7 Å². The molecule has 3 N–H and O–H groups in total. The van der Waals surface area contributed by atoms with Gasteiger partial charge in [-0.2, -0.15) is 0 Å². The number of benzene rings is 1. The minimum atomic E-state index is -0.942. The van der Waals surface area contributed by atoms with Gasteiger partial charge in [-0.3, -0.25) is 25.2 Å². The number of aryl methyl sites for hydroxylation is 1. The van der Waals surface area contributed by atoms with Crippen LogP contribution in [0.4, 0.5) is 5.69 Å². The molecule has 2 aromatic rings. The lowest BCUT2D eigenvalue weighted by atomic mass is 10.2. The zero-order valence-electron chi connectivity index (χ0n) is 11.2. The number of carbonyl (C=O) groups is 3. The number of anilines is 1. The average Bonchev–Trinajstić information content (AvgIpc) is 3.01. The summed E-state index contributed by atoms with van der Waals surface area (Å²) in [5.74, 6) is -2.26. The Morgan fingerprint density at radius 3 is 2.38 bits per heavy atom. The van der Waals surface area contributed by atoms with Crippen molar-refractivity contribution in [1.82, 2.24) is 10.9 Å². The summed E-state index contributed by atoms with van der Waals surface area (Å²) in [6.07, 6.45) is 0. The van der Waals surface area contributed by atoms with Gasteiger partial charge in [-0.15, -0.1) is 11.3 Å². The third kappa shape index (κ3) is 3.90. The number of hydrazine groups is 1. The van der Waals surface area contributed by atoms with E-state index < -0.39 is 17.7 Å². The number of nitrogens with one attached hydrogen (secondary N) is 3. The van der Waals surface area contributed by atoms with E-state index in [2.05, 4.69) is 16.2 Å². The molecule has 0 saturated carbocycles. The Morgan fingerprint density at radius 2 is 1.71 bits per heavy atom. The summed E-state index contributed by atoms with van der Waals surface area (Å²) in [6, 6.07) is 10.4. The molecule has 1 aromatic heterocycles. The first-order valence-electron chi connectivity index (χ1n) is 6.08. The zero-order valence-corrected chi connectivity index (χ0v) is 12.0. The van der Waals surface area contributed by atoms with Crippen LogP contribution in [0.5, 0.6) is 0 Å². The molecule has 0 aliphatic carbocycles. The van der Waals surface area contributed by atoms with Gasteiger partial charge in [-0.05, 0) is 30.0 Å². The van der Waals surface area contributed by atoms with E-state index in [0.29, 0.717) is 10.6 Å². The molecule has 7 heteroatoms. The molecule has 0 aliphatic heterocycles. The smallest absolute Gasteiger partial charge is 0.317 e. The minimum absolute atomic E-state index is 0.439. The number of hydrogen-bond acceptors (Lipinski definition) is 4. The largest absolute Gasteiger partial charge is 0.328 e. The van der Waals surface area contributed by atoms with Crippen LogP contribution in [0.15, 0.2) is 41.8 Å². The van der Waals surface area contributed by atoms with Crippen LogP contribution in [0, 0.1) is 6.92 Å². The lowest BCUT2D eigenvalue weighted by molar-refractivity contribution is -0.136. The molecule has 1 heterocycles. The van der Waals surface area contributed by atoms with E-state index in [9.17, 15) is 14.4 Å². The molecule has 0 unspecified atom stereocenters. The monoisotopic (exact) mass is 303 g/mol. The van der Waals surface area contributed by atoms with Crippen LogP contribution in [-0.2, 0) is 9.59 Å². The summed E-state index contributed by atoms with van der Waals surface area (Å²) in [4.78, 5) is 35.3. The molecule has 0 bridgehead atoms. The standard InChI is InChI=1S/C14H13N3O3S/c1-9-5-2-3-6-10(9)15-13(19)14(20)17-16-12(18)11-7-4-8-21-11/h2-8H,1H3,(H,15,19)(H,16,18)(H,17,20). The highest BCUT2D eigenvalue weighted by Crippen LogP contribution is 2.12. The minimum Gasteiger partial charge on any atom is -0.317 e. The van der Waals surface area contributed by atoms with Crippen LogP contribution in [0.1, 0.15) is 15.2 Å². The topological polar surface area (TPSA) is 87.3 Å². The summed E-state index contributed by atoms with van der Waals surface area (Å²) in [6.45, 7) is 1.81. The fourth-order valence-corrected chi connectivity index (χ4v) is 2.15. The van der Waals surface area contributed by atoms with Crippen molar-refractivity contribution in [2.24, 2.45) is 0 Å². The highest BCUT2D eigenvalue weighted by atomic mass is 32.1. The SMILES string of the molecule is Cc1ccccc1NC(=O)C(=O)NNC(=O)c1cccs1. The number of carbonyl (C=O) groups excluding carboxylic acids is 3. The third-order valence-corrected chi connectivity index (χ3v) is 3.50. The zero-order chi connectivity index (χ0) is 15.2. The lowest BCUT2D eigenvalue weighted by Crippen LogP contribution is -2.46.